The fourth-order valence-corrected chi connectivity index (χ4v) is 3.16. The van der Waals surface area contributed by atoms with E-state index in [1.807, 2.05) is 30.3 Å². The second-order valence-corrected chi connectivity index (χ2v) is 6.56. The summed E-state index contributed by atoms with van der Waals surface area (Å²) in [5.41, 5.74) is 4.93. The van der Waals surface area contributed by atoms with Crippen molar-refractivity contribution in [2.24, 2.45) is 5.10 Å². The Hall–Kier alpha value is -2.38. The van der Waals surface area contributed by atoms with Gasteiger partial charge in [0.1, 0.15) is 5.75 Å². The van der Waals surface area contributed by atoms with E-state index in [2.05, 4.69) is 31.4 Å². The Balaban J connectivity index is 1.69. The molecule has 1 heterocycles. The number of carbonyl (C=O) groups is 1. The highest BCUT2D eigenvalue weighted by Crippen LogP contribution is 2.25. The molecular formula is C19H20BrN3O3. The molecule has 1 aliphatic rings. The lowest BCUT2D eigenvalue weighted by atomic mass is 10.1. The van der Waals surface area contributed by atoms with Gasteiger partial charge in [-0.3, -0.25) is 4.79 Å². The van der Waals surface area contributed by atoms with Crippen molar-refractivity contribution in [3.63, 3.8) is 0 Å². The minimum Gasteiger partial charge on any atom is -0.496 e. The lowest BCUT2D eigenvalue weighted by Crippen LogP contribution is -2.36. The van der Waals surface area contributed by atoms with Crippen molar-refractivity contribution in [1.82, 2.24) is 5.43 Å². The van der Waals surface area contributed by atoms with Gasteiger partial charge in [0.15, 0.2) is 0 Å². The first kappa shape index (κ1) is 18.4. The standard InChI is InChI=1S/C19H20BrN3O3/c1-25-18-12-15(23-8-10-26-11-9-23)7-6-14(18)13-21-22-19(24)16-4-2-3-5-17(16)20/h2-7,12-13H,8-11H2,1H3,(H,22,24)/b21-13-. The number of halogens is 1. The van der Waals surface area contributed by atoms with E-state index in [1.165, 1.54) is 0 Å². The Morgan fingerprint density at radius 3 is 2.77 bits per heavy atom. The molecule has 0 atom stereocenters. The zero-order chi connectivity index (χ0) is 18.4. The van der Waals surface area contributed by atoms with Crippen molar-refractivity contribution < 1.29 is 14.3 Å². The van der Waals surface area contributed by atoms with Crippen molar-refractivity contribution in [1.29, 1.82) is 0 Å². The second kappa shape index (κ2) is 8.82. The number of rotatable bonds is 5. The van der Waals surface area contributed by atoms with Gasteiger partial charge >= 0.3 is 0 Å². The van der Waals surface area contributed by atoms with Gasteiger partial charge in [-0.05, 0) is 40.2 Å². The van der Waals surface area contributed by atoms with Crippen LogP contribution in [0.25, 0.3) is 0 Å². The number of benzene rings is 2. The number of methoxy groups -OCH3 is 1. The summed E-state index contributed by atoms with van der Waals surface area (Å²) in [7, 11) is 1.62. The van der Waals surface area contributed by atoms with Crippen molar-refractivity contribution >= 4 is 33.7 Å². The predicted molar refractivity (Wildman–Crippen MR) is 105 cm³/mol. The molecule has 6 nitrogen and oxygen atoms in total. The number of amides is 1. The third-order valence-corrected chi connectivity index (χ3v) is 4.77. The smallest absolute Gasteiger partial charge is 0.272 e. The number of anilines is 1. The second-order valence-electron chi connectivity index (χ2n) is 5.70. The molecule has 136 valence electrons. The van der Waals surface area contributed by atoms with Gasteiger partial charge in [0.05, 0.1) is 32.1 Å². The van der Waals surface area contributed by atoms with Crippen LogP contribution < -0.4 is 15.1 Å². The highest BCUT2D eigenvalue weighted by molar-refractivity contribution is 9.10. The highest BCUT2D eigenvalue weighted by Gasteiger charge is 2.13. The predicted octanol–water partition coefficient (Wildman–Crippen LogP) is 3.06. The molecule has 26 heavy (non-hydrogen) atoms. The van der Waals surface area contributed by atoms with Gasteiger partial charge < -0.3 is 14.4 Å². The molecule has 3 rings (SSSR count). The summed E-state index contributed by atoms with van der Waals surface area (Å²) in [6.07, 6.45) is 1.58. The maximum atomic E-state index is 12.2. The van der Waals surface area contributed by atoms with Crippen LogP contribution in [0.3, 0.4) is 0 Å². The lowest BCUT2D eigenvalue weighted by molar-refractivity contribution is 0.0954. The van der Waals surface area contributed by atoms with Crippen LogP contribution in [-0.4, -0.2) is 45.5 Å². The molecule has 0 radical (unpaired) electrons. The SMILES string of the molecule is COc1cc(N2CCOCC2)ccc1/C=N\NC(=O)c1ccccc1Br. The van der Waals surface area contributed by atoms with Crippen molar-refractivity contribution in [3.05, 3.63) is 58.1 Å². The maximum Gasteiger partial charge on any atom is 0.272 e. The van der Waals surface area contributed by atoms with Gasteiger partial charge in [0.2, 0.25) is 0 Å². The van der Waals surface area contributed by atoms with Crippen molar-refractivity contribution in [3.8, 4) is 5.75 Å². The zero-order valence-electron chi connectivity index (χ0n) is 14.4. The molecule has 2 aromatic carbocycles. The van der Waals surface area contributed by atoms with Crippen LogP contribution in [0.2, 0.25) is 0 Å². The highest BCUT2D eigenvalue weighted by atomic mass is 79.9. The normalized spacial score (nSPS) is 14.5. The molecule has 0 aliphatic carbocycles. The van der Waals surface area contributed by atoms with Crippen LogP contribution in [0.1, 0.15) is 15.9 Å². The van der Waals surface area contributed by atoms with E-state index >= 15 is 0 Å². The zero-order valence-corrected chi connectivity index (χ0v) is 16.0. The Kier molecular flexibility index (Phi) is 6.25. The van der Waals surface area contributed by atoms with E-state index < -0.39 is 0 Å². The fourth-order valence-electron chi connectivity index (χ4n) is 2.69. The van der Waals surface area contributed by atoms with Crippen LogP contribution in [0, 0.1) is 0 Å². The van der Waals surface area contributed by atoms with Gasteiger partial charge in [0.25, 0.3) is 5.91 Å². The summed E-state index contributed by atoms with van der Waals surface area (Å²) < 4.78 is 11.6. The van der Waals surface area contributed by atoms with Crippen molar-refractivity contribution in [2.45, 2.75) is 0 Å². The summed E-state index contributed by atoms with van der Waals surface area (Å²) in [4.78, 5) is 14.4. The first-order valence-electron chi connectivity index (χ1n) is 8.27. The average Bonchev–Trinajstić information content (AvgIpc) is 2.69. The quantitative estimate of drug-likeness (QED) is 0.599. The minimum atomic E-state index is -0.280. The van der Waals surface area contributed by atoms with Crippen LogP contribution in [0.4, 0.5) is 5.69 Å². The molecule has 1 N–H and O–H groups in total. The van der Waals surface area contributed by atoms with Gasteiger partial charge in [-0.25, -0.2) is 5.43 Å². The average molecular weight is 418 g/mol. The molecule has 1 aliphatic heterocycles. The molecule has 0 unspecified atom stereocenters. The summed E-state index contributed by atoms with van der Waals surface area (Å²) >= 11 is 3.36. The first-order valence-corrected chi connectivity index (χ1v) is 9.07. The molecule has 0 saturated carbocycles. The third kappa shape index (κ3) is 4.42. The number of carbonyl (C=O) groups excluding carboxylic acids is 1. The van der Waals surface area contributed by atoms with Crippen LogP contribution >= 0.6 is 15.9 Å². The Morgan fingerprint density at radius 1 is 1.27 bits per heavy atom. The largest absolute Gasteiger partial charge is 0.496 e. The number of morpholine rings is 1. The van der Waals surface area contributed by atoms with Gasteiger partial charge in [-0.15, -0.1) is 0 Å². The number of hydrogen-bond donors (Lipinski definition) is 1. The van der Waals surface area contributed by atoms with Crippen LogP contribution in [0.15, 0.2) is 52.0 Å². The van der Waals surface area contributed by atoms with E-state index in [4.69, 9.17) is 9.47 Å². The number of hydrogen-bond acceptors (Lipinski definition) is 5. The Morgan fingerprint density at radius 2 is 2.04 bits per heavy atom. The third-order valence-electron chi connectivity index (χ3n) is 4.08. The van der Waals surface area contributed by atoms with Gasteiger partial charge in [-0.2, -0.15) is 5.10 Å². The topological polar surface area (TPSA) is 63.2 Å². The number of nitrogens with zero attached hydrogens (tertiary/aromatic N) is 2. The summed E-state index contributed by atoms with van der Waals surface area (Å²) in [6.45, 7) is 3.18. The van der Waals surface area contributed by atoms with E-state index in [-0.39, 0.29) is 5.91 Å². The van der Waals surface area contributed by atoms with Crippen LogP contribution in [0.5, 0.6) is 5.75 Å². The monoisotopic (exact) mass is 417 g/mol. The van der Waals surface area contributed by atoms with E-state index in [0.717, 1.165) is 42.0 Å². The molecule has 2 aromatic rings. The molecule has 7 heteroatoms. The number of hydrazone groups is 1. The summed E-state index contributed by atoms with van der Waals surface area (Å²) in [5.74, 6) is 0.422. The maximum absolute atomic E-state index is 12.2. The van der Waals surface area contributed by atoms with E-state index in [0.29, 0.717) is 11.3 Å². The minimum absolute atomic E-state index is 0.280. The molecule has 1 amide bonds. The molecule has 1 saturated heterocycles. The fraction of sp³-hybridized carbons (Fsp3) is 0.263. The van der Waals surface area contributed by atoms with Crippen LogP contribution in [-0.2, 0) is 4.74 Å². The number of nitrogens with one attached hydrogen (secondary N) is 1. The Bertz CT molecular complexity index is 804. The first-order chi connectivity index (χ1) is 12.7. The van der Waals surface area contributed by atoms with Gasteiger partial charge in [0, 0.05) is 34.9 Å². The molecule has 0 aromatic heterocycles. The summed E-state index contributed by atoms with van der Waals surface area (Å²) in [5, 5.41) is 4.05. The molecule has 0 bridgehead atoms. The molecular weight excluding hydrogens is 398 g/mol. The molecule has 0 spiro atoms. The number of ether oxygens (including phenoxy) is 2. The van der Waals surface area contributed by atoms with E-state index in [1.54, 1.807) is 25.5 Å². The van der Waals surface area contributed by atoms with Crippen molar-refractivity contribution in [2.75, 3.05) is 38.3 Å². The van der Waals surface area contributed by atoms with E-state index in [9.17, 15) is 4.79 Å². The summed E-state index contributed by atoms with van der Waals surface area (Å²) in [6, 6.07) is 13.1. The lowest BCUT2D eigenvalue weighted by Gasteiger charge is -2.29. The van der Waals surface area contributed by atoms with Gasteiger partial charge in [-0.1, -0.05) is 12.1 Å². The Labute approximate surface area is 160 Å². The molecule has 1 fully saturated rings.